The minimum Gasteiger partial charge on any atom is -0.423 e. The highest BCUT2D eigenvalue weighted by Crippen LogP contribution is 2.40. The van der Waals surface area contributed by atoms with E-state index >= 15 is 8.78 Å². The van der Waals surface area contributed by atoms with Crippen molar-refractivity contribution in [2.24, 2.45) is 5.92 Å². The van der Waals surface area contributed by atoms with E-state index in [9.17, 15) is 22.4 Å². The number of ether oxygens (including phenoxy) is 1. The molecule has 0 amide bonds. The molecule has 1 saturated carbocycles. The number of halogens is 6. The number of carbonyl (C=O) groups excluding carboxylic acids is 1. The van der Waals surface area contributed by atoms with Gasteiger partial charge in [0.25, 0.3) is 0 Å². The van der Waals surface area contributed by atoms with Gasteiger partial charge in [0.1, 0.15) is 0 Å². The quantitative estimate of drug-likeness (QED) is 0.112. The Hall–Kier alpha value is -3.29. The lowest BCUT2D eigenvalue weighted by Crippen LogP contribution is -2.26. The van der Waals surface area contributed by atoms with Gasteiger partial charge in [-0.1, -0.05) is 57.0 Å². The molecule has 0 bridgehead atoms. The number of unbranched alkanes of at least 4 members (excludes halogenated alkanes) is 2. The predicted molar refractivity (Wildman–Crippen MR) is 141 cm³/mol. The Morgan fingerprint density at radius 3 is 1.95 bits per heavy atom. The van der Waals surface area contributed by atoms with Gasteiger partial charge in [-0.3, -0.25) is 4.79 Å². The van der Waals surface area contributed by atoms with Gasteiger partial charge in [0.05, 0.1) is 5.92 Å². The van der Waals surface area contributed by atoms with Crippen LogP contribution in [0.25, 0.3) is 11.1 Å². The van der Waals surface area contributed by atoms with Gasteiger partial charge in [0, 0.05) is 11.1 Å². The fourth-order valence-corrected chi connectivity index (χ4v) is 5.40. The molecule has 214 valence electrons. The smallest absolute Gasteiger partial charge is 0.314 e. The fourth-order valence-electron chi connectivity index (χ4n) is 5.40. The van der Waals surface area contributed by atoms with E-state index in [1.54, 1.807) is 6.92 Å². The molecule has 3 aromatic rings. The molecule has 0 spiro atoms. The molecule has 0 atom stereocenters. The van der Waals surface area contributed by atoms with E-state index in [2.05, 4.69) is 0 Å². The molecule has 40 heavy (non-hydrogen) atoms. The van der Waals surface area contributed by atoms with Gasteiger partial charge in [0.2, 0.25) is 5.82 Å². The van der Waals surface area contributed by atoms with Gasteiger partial charge in [-0.25, -0.2) is 22.0 Å². The zero-order chi connectivity index (χ0) is 29.0. The molecule has 0 N–H and O–H groups in total. The first kappa shape index (κ1) is 29.7. The second-order valence-electron chi connectivity index (χ2n) is 10.4. The molecule has 4 rings (SSSR count). The van der Waals surface area contributed by atoms with Crippen molar-refractivity contribution < 1.29 is 35.9 Å². The summed E-state index contributed by atoms with van der Waals surface area (Å²) in [5, 5.41) is 0. The van der Waals surface area contributed by atoms with E-state index in [0.29, 0.717) is 19.3 Å². The van der Waals surface area contributed by atoms with Crippen molar-refractivity contribution in [2.75, 3.05) is 0 Å². The van der Waals surface area contributed by atoms with Gasteiger partial charge in [-0.2, -0.15) is 4.39 Å². The number of hydrogen-bond acceptors (Lipinski definition) is 2. The lowest BCUT2D eigenvalue weighted by atomic mass is 9.78. The summed E-state index contributed by atoms with van der Waals surface area (Å²) in [5.41, 5.74) is -0.269. The Morgan fingerprint density at radius 1 is 0.700 bits per heavy atom. The Balaban J connectivity index is 1.42. The monoisotopic (exact) mass is 562 g/mol. The van der Waals surface area contributed by atoms with Crippen molar-refractivity contribution in [3.8, 4) is 16.9 Å². The van der Waals surface area contributed by atoms with Crippen LogP contribution in [-0.4, -0.2) is 5.97 Å². The molecule has 1 fully saturated rings. The molecule has 1 aliphatic carbocycles. The van der Waals surface area contributed by atoms with E-state index in [1.807, 2.05) is 6.92 Å². The predicted octanol–water partition coefficient (Wildman–Crippen LogP) is 9.36. The summed E-state index contributed by atoms with van der Waals surface area (Å²) < 4.78 is 93.1. The minimum absolute atomic E-state index is 0.0888. The third kappa shape index (κ3) is 6.06. The normalized spacial score (nSPS) is 17.2. The van der Waals surface area contributed by atoms with E-state index < -0.39 is 58.5 Å². The van der Waals surface area contributed by atoms with Crippen LogP contribution in [0.5, 0.6) is 5.75 Å². The topological polar surface area (TPSA) is 26.3 Å². The third-order valence-electron chi connectivity index (χ3n) is 7.83. The van der Waals surface area contributed by atoms with Crippen LogP contribution < -0.4 is 4.74 Å². The van der Waals surface area contributed by atoms with Gasteiger partial charge in [-0.15, -0.1) is 0 Å². The van der Waals surface area contributed by atoms with Crippen molar-refractivity contribution in [3.05, 3.63) is 88.0 Å². The van der Waals surface area contributed by atoms with Crippen LogP contribution >= 0.6 is 0 Å². The molecule has 0 aromatic heterocycles. The number of carbonyl (C=O) groups is 1. The van der Waals surface area contributed by atoms with E-state index in [-0.39, 0.29) is 47.1 Å². The number of esters is 1. The summed E-state index contributed by atoms with van der Waals surface area (Å²) in [7, 11) is 0. The highest BCUT2D eigenvalue weighted by molar-refractivity contribution is 5.75. The average molecular weight is 563 g/mol. The zero-order valence-electron chi connectivity index (χ0n) is 22.6. The van der Waals surface area contributed by atoms with Crippen molar-refractivity contribution in [3.63, 3.8) is 0 Å². The molecule has 0 aliphatic heterocycles. The SMILES string of the molecule is CCCCCc1ccc(OC(=O)C2CCC(c3ccc(-c4ccc(CC)c(F)c4F)c(F)c3F)CC2)c(F)c1F. The molecule has 1 aliphatic rings. The maximum atomic E-state index is 15.1. The summed E-state index contributed by atoms with van der Waals surface area (Å²) >= 11 is 0. The van der Waals surface area contributed by atoms with Crippen molar-refractivity contribution in [2.45, 2.75) is 77.6 Å². The molecule has 0 saturated heterocycles. The van der Waals surface area contributed by atoms with E-state index in [0.717, 1.165) is 19.3 Å². The van der Waals surface area contributed by atoms with Crippen molar-refractivity contribution >= 4 is 5.97 Å². The van der Waals surface area contributed by atoms with Crippen LogP contribution in [0, 0.1) is 40.8 Å². The third-order valence-corrected chi connectivity index (χ3v) is 7.83. The summed E-state index contributed by atoms with van der Waals surface area (Å²) in [4.78, 5) is 12.7. The number of benzene rings is 3. The first-order valence-corrected chi connectivity index (χ1v) is 13.8. The van der Waals surface area contributed by atoms with Gasteiger partial charge < -0.3 is 4.74 Å². The van der Waals surface area contributed by atoms with Crippen molar-refractivity contribution in [1.29, 1.82) is 0 Å². The van der Waals surface area contributed by atoms with Gasteiger partial charge >= 0.3 is 5.97 Å². The lowest BCUT2D eigenvalue weighted by molar-refractivity contribution is -0.140. The van der Waals surface area contributed by atoms with Gasteiger partial charge in [-0.05, 0) is 73.6 Å². The maximum absolute atomic E-state index is 15.1. The number of rotatable bonds is 9. The molecule has 0 radical (unpaired) electrons. The summed E-state index contributed by atoms with van der Waals surface area (Å²) in [6, 6.07) is 7.87. The highest BCUT2D eigenvalue weighted by atomic mass is 19.2. The van der Waals surface area contributed by atoms with E-state index in [4.69, 9.17) is 4.74 Å². The Bertz CT molecular complexity index is 1380. The van der Waals surface area contributed by atoms with Crippen LogP contribution in [0.4, 0.5) is 26.3 Å². The number of hydrogen-bond donors (Lipinski definition) is 0. The van der Waals surface area contributed by atoms with Crippen LogP contribution in [0.1, 0.15) is 81.4 Å². The van der Waals surface area contributed by atoms with Gasteiger partial charge in [0.15, 0.2) is 34.8 Å². The molecular formula is C32H32F6O2. The Morgan fingerprint density at radius 2 is 1.30 bits per heavy atom. The standard InChI is InChI=1S/C32H32F6O2/c1-3-5-6-7-20-13-17-25(31(38)27(20)34)40-32(39)21-10-8-19(9-11-21)22-15-16-24(30(37)28(22)35)23-14-12-18(4-2)26(33)29(23)36/h12-17,19,21H,3-11H2,1-2H3. The summed E-state index contributed by atoms with van der Waals surface area (Å²) in [6.07, 6.45) is 4.44. The minimum atomic E-state index is -1.27. The molecule has 0 heterocycles. The Labute approximate surface area is 230 Å². The highest BCUT2D eigenvalue weighted by Gasteiger charge is 2.32. The van der Waals surface area contributed by atoms with Crippen molar-refractivity contribution in [1.82, 2.24) is 0 Å². The Kier molecular flexibility index (Phi) is 9.59. The lowest BCUT2D eigenvalue weighted by Gasteiger charge is -2.28. The average Bonchev–Trinajstić information content (AvgIpc) is 2.96. The largest absolute Gasteiger partial charge is 0.423 e. The molecule has 8 heteroatoms. The van der Waals surface area contributed by atoms with Crippen LogP contribution in [0.15, 0.2) is 36.4 Å². The first-order chi connectivity index (χ1) is 19.2. The maximum Gasteiger partial charge on any atom is 0.314 e. The summed E-state index contributed by atoms with van der Waals surface area (Å²) in [6.45, 7) is 3.67. The van der Waals surface area contributed by atoms with E-state index in [1.165, 1.54) is 36.4 Å². The van der Waals surface area contributed by atoms with Crippen LogP contribution in [0.2, 0.25) is 0 Å². The molecular weight excluding hydrogens is 530 g/mol. The second kappa shape index (κ2) is 12.9. The summed E-state index contributed by atoms with van der Waals surface area (Å²) in [5.74, 6) is -9.13. The molecule has 2 nitrogen and oxygen atoms in total. The zero-order valence-corrected chi connectivity index (χ0v) is 22.6. The molecule has 3 aromatic carbocycles. The molecule has 0 unspecified atom stereocenters. The van der Waals surface area contributed by atoms with Crippen LogP contribution in [0.3, 0.4) is 0 Å². The number of aryl methyl sites for hydroxylation is 2. The second-order valence-corrected chi connectivity index (χ2v) is 10.4. The fraction of sp³-hybridized carbons (Fsp3) is 0.406. The van der Waals surface area contributed by atoms with Crippen LogP contribution in [-0.2, 0) is 17.6 Å². The first-order valence-electron chi connectivity index (χ1n) is 13.8.